The van der Waals surface area contributed by atoms with Crippen LogP contribution in [-0.2, 0) is 15.3 Å². The van der Waals surface area contributed by atoms with Crippen LogP contribution < -0.4 is 0 Å². The summed E-state index contributed by atoms with van der Waals surface area (Å²) in [6.07, 6.45) is 2.98. The van der Waals surface area contributed by atoms with Gasteiger partial charge in [0.25, 0.3) is 0 Å². The molecule has 0 aromatic heterocycles. The second-order valence-electron chi connectivity index (χ2n) is 3.76. The summed E-state index contributed by atoms with van der Waals surface area (Å²) in [6, 6.07) is 4.82. The van der Waals surface area contributed by atoms with E-state index < -0.39 is 5.79 Å². The second kappa shape index (κ2) is 3.17. The monoisotopic (exact) mass is 218 g/mol. The summed E-state index contributed by atoms with van der Waals surface area (Å²) in [4.78, 5) is 11.7. The van der Waals surface area contributed by atoms with Gasteiger partial charge in [-0.15, -0.1) is 0 Å². The van der Waals surface area contributed by atoms with E-state index in [0.717, 1.165) is 0 Å². The SMILES string of the molecule is O=C1C=CC2(OCCO2)c2c(O)cccc21. The molecule has 0 radical (unpaired) electrons. The Morgan fingerprint density at radius 3 is 2.75 bits per heavy atom. The summed E-state index contributed by atoms with van der Waals surface area (Å²) in [5, 5.41) is 9.85. The molecule has 1 aromatic carbocycles. The lowest BCUT2D eigenvalue weighted by Crippen LogP contribution is -2.30. The van der Waals surface area contributed by atoms with E-state index in [1.54, 1.807) is 18.2 Å². The Bertz CT molecular complexity index is 484. The smallest absolute Gasteiger partial charge is 0.220 e. The summed E-state index contributed by atoms with van der Waals surface area (Å²) in [7, 11) is 0. The van der Waals surface area contributed by atoms with Crippen molar-refractivity contribution in [3.8, 4) is 5.75 Å². The first-order chi connectivity index (χ1) is 7.73. The maximum absolute atomic E-state index is 11.7. The molecular weight excluding hydrogens is 208 g/mol. The van der Waals surface area contributed by atoms with Crippen LogP contribution in [0.5, 0.6) is 5.75 Å². The van der Waals surface area contributed by atoms with E-state index in [1.807, 2.05) is 0 Å². The number of ketones is 1. The number of hydrogen-bond acceptors (Lipinski definition) is 4. The fraction of sp³-hybridized carbons (Fsp3) is 0.250. The number of phenols is 1. The van der Waals surface area contributed by atoms with Crippen LogP contribution in [0.4, 0.5) is 0 Å². The first-order valence-corrected chi connectivity index (χ1v) is 5.07. The van der Waals surface area contributed by atoms with Crippen molar-refractivity contribution in [3.63, 3.8) is 0 Å². The average Bonchev–Trinajstić information content (AvgIpc) is 2.74. The first kappa shape index (κ1) is 9.57. The van der Waals surface area contributed by atoms with Gasteiger partial charge in [-0.3, -0.25) is 4.79 Å². The molecule has 0 unspecified atom stereocenters. The number of hydrogen-bond donors (Lipinski definition) is 1. The lowest BCUT2D eigenvalue weighted by Gasteiger charge is -2.29. The third kappa shape index (κ3) is 1.14. The third-order valence-electron chi connectivity index (χ3n) is 2.83. The number of fused-ring (bicyclic) bond motifs is 2. The number of phenolic OH excluding ortho intramolecular Hbond substituents is 1. The molecule has 1 aliphatic heterocycles. The Labute approximate surface area is 92.1 Å². The van der Waals surface area contributed by atoms with Crippen LogP contribution in [0.3, 0.4) is 0 Å². The van der Waals surface area contributed by atoms with Gasteiger partial charge in [0.1, 0.15) is 5.75 Å². The molecular formula is C12H10O4. The van der Waals surface area contributed by atoms with E-state index in [-0.39, 0.29) is 11.5 Å². The molecule has 0 bridgehead atoms. The molecule has 2 aliphatic rings. The minimum atomic E-state index is -1.07. The van der Waals surface area contributed by atoms with Crippen LogP contribution in [0, 0.1) is 0 Å². The fourth-order valence-corrected chi connectivity index (χ4v) is 2.14. The normalized spacial score (nSPS) is 21.4. The number of allylic oxidation sites excluding steroid dienone is 1. The van der Waals surface area contributed by atoms with Crippen LogP contribution in [0.15, 0.2) is 30.4 Å². The van der Waals surface area contributed by atoms with E-state index >= 15 is 0 Å². The Kier molecular flexibility index (Phi) is 1.89. The van der Waals surface area contributed by atoms with E-state index in [0.29, 0.717) is 24.3 Å². The molecule has 1 saturated heterocycles. The van der Waals surface area contributed by atoms with Crippen molar-refractivity contribution in [1.82, 2.24) is 0 Å². The molecule has 1 spiro atoms. The number of aromatic hydroxyl groups is 1. The maximum atomic E-state index is 11.7. The molecule has 1 heterocycles. The Balaban J connectivity index is 2.27. The summed E-state index contributed by atoms with van der Waals surface area (Å²) in [5.41, 5.74) is 0.851. The van der Waals surface area contributed by atoms with Crippen molar-refractivity contribution >= 4 is 5.78 Å². The second-order valence-corrected chi connectivity index (χ2v) is 3.76. The van der Waals surface area contributed by atoms with Crippen LogP contribution in [0.2, 0.25) is 0 Å². The van der Waals surface area contributed by atoms with Crippen LogP contribution in [0.1, 0.15) is 15.9 Å². The number of carbonyl (C=O) groups is 1. The van der Waals surface area contributed by atoms with Gasteiger partial charge in [-0.1, -0.05) is 12.1 Å². The lowest BCUT2D eigenvalue weighted by atomic mass is 9.90. The van der Waals surface area contributed by atoms with E-state index in [2.05, 4.69) is 0 Å². The molecule has 16 heavy (non-hydrogen) atoms. The highest BCUT2D eigenvalue weighted by atomic mass is 16.7. The summed E-state index contributed by atoms with van der Waals surface area (Å²) >= 11 is 0. The van der Waals surface area contributed by atoms with Crippen molar-refractivity contribution in [2.75, 3.05) is 13.2 Å². The minimum absolute atomic E-state index is 0.0251. The highest BCUT2D eigenvalue weighted by Crippen LogP contribution is 2.42. The topological polar surface area (TPSA) is 55.8 Å². The largest absolute Gasteiger partial charge is 0.507 e. The minimum Gasteiger partial charge on any atom is -0.507 e. The van der Waals surface area contributed by atoms with Gasteiger partial charge in [0.15, 0.2) is 5.78 Å². The molecule has 1 N–H and O–H groups in total. The summed E-state index contributed by atoms with van der Waals surface area (Å²) in [5.74, 6) is -1.19. The van der Waals surface area contributed by atoms with Crippen molar-refractivity contribution in [2.45, 2.75) is 5.79 Å². The molecule has 0 amide bonds. The predicted octanol–water partition coefficient (Wildman–Crippen LogP) is 1.34. The van der Waals surface area contributed by atoms with Gasteiger partial charge in [0, 0.05) is 5.56 Å². The van der Waals surface area contributed by atoms with Gasteiger partial charge in [-0.25, -0.2) is 0 Å². The molecule has 0 atom stereocenters. The highest BCUT2D eigenvalue weighted by Gasteiger charge is 2.43. The van der Waals surface area contributed by atoms with Gasteiger partial charge < -0.3 is 14.6 Å². The molecule has 0 saturated carbocycles. The van der Waals surface area contributed by atoms with Crippen molar-refractivity contribution < 1.29 is 19.4 Å². The Morgan fingerprint density at radius 1 is 1.25 bits per heavy atom. The standard InChI is InChI=1S/C12H10O4/c13-9-4-5-12(15-6-7-16-12)11-8(9)2-1-3-10(11)14/h1-5,14H,6-7H2. The highest BCUT2D eigenvalue weighted by molar-refractivity contribution is 6.07. The number of ether oxygens (including phenoxy) is 2. The van der Waals surface area contributed by atoms with Crippen LogP contribution in [-0.4, -0.2) is 24.1 Å². The summed E-state index contributed by atoms with van der Waals surface area (Å²) < 4.78 is 11.0. The molecule has 3 rings (SSSR count). The van der Waals surface area contributed by atoms with Crippen LogP contribution >= 0.6 is 0 Å². The van der Waals surface area contributed by atoms with E-state index in [1.165, 1.54) is 12.1 Å². The van der Waals surface area contributed by atoms with Crippen LogP contribution in [0.25, 0.3) is 0 Å². The lowest BCUT2D eigenvalue weighted by molar-refractivity contribution is -0.125. The van der Waals surface area contributed by atoms with Crippen molar-refractivity contribution in [2.24, 2.45) is 0 Å². The number of carbonyl (C=O) groups excluding carboxylic acids is 1. The Hall–Kier alpha value is -1.65. The van der Waals surface area contributed by atoms with Gasteiger partial charge >= 0.3 is 0 Å². The van der Waals surface area contributed by atoms with E-state index in [9.17, 15) is 9.90 Å². The zero-order valence-corrected chi connectivity index (χ0v) is 8.47. The van der Waals surface area contributed by atoms with Gasteiger partial charge in [0.05, 0.1) is 18.8 Å². The predicted molar refractivity (Wildman–Crippen MR) is 55.2 cm³/mol. The zero-order valence-electron chi connectivity index (χ0n) is 8.47. The van der Waals surface area contributed by atoms with E-state index in [4.69, 9.17) is 9.47 Å². The molecule has 4 nitrogen and oxygen atoms in total. The molecule has 1 fully saturated rings. The first-order valence-electron chi connectivity index (χ1n) is 5.07. The Morgan fingerprint density at radius 2 is 2.00 bits per heavy atom. The number of benzene rings is 1. The molecule has 82 valence electrons. The van der Waals surface area contributed by atoms with Gasteiger partial charge in [0.2, 0.25) is 5.79 Å². The molecule has 4 heteroatoms. The zero-order chi connectivity index (χ0) is 11.2. The van der Waals surface area contributed by atoms with Crippen molar-refractivity contribution in [3.05, 3.63) is 41.5 Å². The average molecular weight is 218 g/mol. The van der Waals surface area contributed by atoms with Crippen molar-refractivity contribution in [1.29, 1.82) is 0 Å². The molecule has 1 aliphatic carbocycles. The fourth-order valence-electron chi connectivity index (χ4n) is 2.14. The maximum Gasteiger partial charge on any atom is 0.220 e. The quantitative estimate of drug-likeness (QED) is 0.714. The third-order valence-corrected chi connectivity index (χ3v) is 2.83. The van der Waals surface area contributed by atoms with Gasteiger partial charge in [-0.05, 0) is 18.2 Å². The molecule has 1 aromatic rings. The number of rotatable bonds is 0. The summed E-state index contributed by atoms with van der Waals surface area (Å²) in [6.45, 7) is 0.901. The van der Waals surface area contributed by atoms with Gasteiger partial charge in [-0.2, -0.15) is 0 Å².